The molecule has 0 aliphatic carbocycles. The molecule has 0 unspecified atom stereocenters. The maximum Gasteiger partial charge on any atom is 0.224 e. The van der Waals surface area contributed by atoms with Crippen molar-refractivity contribution in [3.63, 3.8) is 0 Å². The number of ether oxygens (including phenoxy) is 1. The van der Waals surface area contributed by atoms with Gasteiger partial charge in [0.15, 0.2) is 5.78 Å². The first-order valence-corrected chi connectivity index (χ1v) is 6.27. The third-order valence-corrected chi connectivity index (χ3v) is 3.35. The largest absolute Gasteiger partial charge is 0.480 e. The minimum atomic E-state index is -0.00755. The van der Waals surface area contributed by atoms with Crippen LogP contribution in [0.4, 0.5) is 0 Å². The minimum Gasteiger partial charge on any atom is -0.480 e. The van der Waals surface area contributed by atoms with Crippen LogP contribution in [-0.2, 0) is 6.42 Å². The van der Waals surface area contributed by atoms with Gasteiger partial charge in [0.25, 0.3) is 0 Å². The summed E-state index contributed by atoms with van der Waals surface area (Å²) in [6.07, 6.45) is 1.93. The molecule has 0 aliphatic heterocycles. The molecule has 0 radical (unpaired) electrons. The SMILES string of the molecule is COc1ncccc1C(=O)Cc1ccccc1Br. The summed E-state index contributed by atoms with van der Waals surface area (Å²) in [5, 5.41) is 0. The zero-order valence-electron chi connectivity index (χ0n) is 9.89. The van der Waals surface area contributed by atoms with Crippen LogP contribution in [0.25, 0.3) is 0 Å². The van der Waals surface area contributed by atoms with E-state index < -0.39 is 0 Å². The van der Waals surface area contributed by atoms with E-state index in [0.29, 0.717) is 17.9 Å². The topological polar surface area (TPSA) is 39.2 Å². The molecule has 0 bridgehead atoms. The summed E-state index contributed by atoms with van der Waals surface area (Å²) in [5.41, 5.74) is 1.46. The van der Waals surface area contributed by atoms with E-state index in [0.717, 1.165) is 10.0 Å². The van der Waals surface area contributed by atoms with Crippen LogP contribution in [0.15, 0.2) is 47.1 Å². The van der Waals surface area contributed by atoms with Gasteiger partial charge in [0.05, 0.1) is 12.7 Å². The highest BCUT2D eigenvalue weighted by atomic mass is 79.9. The summed E-state index contributed by atoms with van der Waals surface area (Å²) in [5.74, 6) is 0.362. The van der Waals surface area contributed by atoms with Crippen LogP contribution in [0.5, 0.6) is 5.88 Å². The van der Waals surface area contributed by atoms with E-state index in [1.165, 1.54) is 7.11 Å². The van der Waals surface area contributed by atoms with Gasteiger partial charge in [0, 0.05) is 17.1 Å². The van der Waals surface area contributed by atoms with Crippen molar-refractivity contribution in [2.75, 3.05) is 7.11 Å². The van der Waals surface area contributed by atoms with Crippen LogP contribution >= 0.6 is 15.9 Å². The monoisotopic (exact) mass is 305 g/mol. The fourth-order valence-corrected chi connectivity index (χ4v) is 2.10. The van der Waals surface area contributed by atoms with Gasteiger partial charge in [-0.1, -0.05) is 34.1 Å². The maximum absolute atomic E-state index is 12.2. The van der Waals surface area contributed by atoms with Gasteiger partial charge in [-0.25, -0.2) is 4.98 Å². The quantitative estimate of drug-likeness (QED) is 0.814. The van der Waals surface area contributed by atoms with Crippen molar-refractivity contribution in [2.24, 2.45) is 0 Å². The molecular formula is C14H12BrNO2. The second-order valence-corrected chi connectivity index (χ2v) is 4.61. The van der Waals surface area contributed by atoms with Crippen LogP contribution in [0, 0.1) is 0 Å². The number of hydrogen-bond acceptors (Lipinski definition) is 3. The van der Waals surface area contributed by atoms with Crippen molar-refractivity contribution in [1.82, 2.24) is 4.98 Å². The van der Waals surface area contributed by atoms with Crippen molar-refractivity contribution in [3.05, 3.63) is 58.2 Å². The first-order chi connectivity index (χ1) is 8.72. The molecule has 0 aliphatic rings. The number of carbonyl (C=O) groups excluding carboxylic acids is 1. The molecule has 0 fully saturated rings. The summed E-state index contributed by atoms with van der Waals surface area (Å²) in [7, 11) is 1.51. The van der Waals surface area contributed by atoms with E-state index in [1.54, 1.807) is 18.3 Å². The number of nitrogens with zero attached hydrogens (tertiary/aromatic N) is 1. The Kier molecular flexibility index (Phi) is 4.10. The summed E-state index contributed by atoms with van der Waals surface area (Å²) >= 11 is 3.43. The van der Waals surface area contributed by atoms with E-state index in [9.17, 15) is 4.79 Å². The van der Waals surface area contributed by atoms with Gasteiger partial charge in [-0.2, -0.15) is 0 Å². The number of halogens is 1. The lowest BCUT2D eigenvalue weighted by Crippen LogP contribution is -2.07. The van der Waals surface area contributed by atoms with Crippen LogP contribution in [0.2, 0.25) is 0 Å². The van der Waals surface area contributed by atoms with Crippen LogP contribution in [0.1, 0.15) is 15.9 Å². The first-order valence-electron chi connectivity index (χ1n) is 5.48. The third-order valence-electron chi connectivity index (χ3n) is 2.57. The standard InChI is InChI=1S/C14H12BrNO2/c1-18-14-11(6-4-8-16-14)13(17)9-10-5-2-3-7-12(10)15/h2-8H,9H2,1H3. The summed E-state index contributed by atoms with van der Waals surface area (Å²) in [4.78, 5) is 16.2. The number of Topliss-reactive ketones (excluding diaryl/α,β-unsaturated/α-hetero) is 1. The maximum atomic E-state index is 12.2. The Morgan fingerprint density at radius 3 is 2.78 bits per heavy atom. The lowest BCUT2D eigenvalue weighted by Gasteiger charge is -2.07. The van der Waals surface area contributed by atoms with Gasteiger partial charge in [0.1, 0.15) is 0 Å². The van der Waals surface area contributed by atoms with E-state index in [-0.39, 0.29) is 5.78 Å². The third kappa shape index (κ3) is 2.76. The first kappa shape index (κ1) is 12.8. The minimum absolute atomic E-state index is 0.00755. The van der Waals surface area contributed by atoms with Gasteiger partial charge in [0.2, 0.25) is 5.88 Å². The summed E-state index contributed by atoms with van der Waals surface area (Å²) in [6.45, 7) is 0. The Hall–Kier alpha value is -1.68. The molecule has 0 N–H and O–H groups in total. The lowest BCUT2D eigenvalue weighted by atomic mass is 10.0. The van der Waals surface area contributed by atoms with Crippen molar-refractivity contribution < 1.29 is 9.53 Å². The van der Waals surface area contributed by atoms with Crippen LogP contribution in [-0.4, -0.2) is 17.9 Å². The zero-order chi connectivity index (χ0) is 13.0. The van der Waals surface area contributed by atoms with Crippen molar-refractivity contribution in [2.45, 2.75) is 6.42 Å². The predicted molar refractivity (Wildman–Crippen MR) is 73.0 cm³/mol. The van der Waals surface area contributed by atoms with E-state index in [1.807, 2.05) is 24.3 Å². The average molecular weight is 306 g/mol. The average Bonchev–Trinajstić information content (AvgIpc) is 2.41. The predicted octanol–water partition coefficient (Wildman–Crippen LogP) is 3.28. The molecule has 3 nitrogen and oxygen atoms in total. The Morgan fingerprint density at radius 2 is 2.06 bits per heavy atom. The highest BCUT2D eigenvalue weighted by molar-refractivity contribution is 9.10. The number of carbonyl (C=O) groups is 1. The molecule has 0 amide bonds. The summed E-state index contributed by atoms with van der Waals surface area (Å²) < 4.78 is 6.02. The molecule has 1 heterocycles. The molecular weight excluding hydrogens is 294 g/mol. The molecule has 0 spiro atoms. The van der Waals surface area contributed by atoms with Gasteiger partial charge in [-0.05, 0) is 23.8 Å². The molecule has 18 heavy (non-hydrogen) atoms. The molecule has 0 saturated carbocycles. The number of benzene rings is 1. The number of hydrogen-bond donors (Lipinski definition) is 0. The van der Waals surface area contributed by atoms with E-state index >= 15 is 0 Å². The van der Waals surface area contributed by atoms with E-state index in [4.69, 9.17) is 4.74 Å². The fourth-order valence-electron chi connectivity index (χ4n) is 1.68. The normalized spacial score (nSPS) is 10.1. The van der Waals surface area contributed by atoms with Crippen LogP contribution < -0.4 is 4.74 Å². The van der Waals surface area contributed by atoms with Crippen LogP contribution in [0.3, 0.4) is 0 Å². The van der Waals surface area contributed by atoms with E-state index in [2.05, 4.69) is 20.9 Å². The number of rotatable bonds is 4. The number of ketones is 1. The number of aromatic nitrogens is 1. The molecule has 0 atom stereocenters. The Balaban J connectivity index is 2.25. The molecule has 0 saturated heterocycles. The van der Waals surface area contributed by atoms with Gasteiger partial charge in [-0.15, -0.1) is 0 Å². The van der Waals surface area contributed by atoms with Crippen molar-refractivity contribution >= 4 is 21.7 Å². The molecule has 2 aromatic rings. The molecule has 2 rings (SSSR count). The molecule has 1 aromatic carbocycles. The Labute approximate surface area is 114 Å². The highest BCUT2D eigenvalue weighted by Gasteiger charge is 2.14. The lowest BCUT2D eigenvalue weighted by molar-refractivity contribution is 0.0989. The molecule has 1 aromatic heterocycles. The van der Waals surface area contributed by atoms with Crippen molar-refractivity contribution in [1.29, 1.82) is 0 Å². The second kappa shape index (κ2) is 5.78. The van der Waals surface area contributed by atoms with Gasteiger partial charge in [-0.3, -0.25) is 4.79 Å². The Morgan fingerprint density at radius 1 is 1.28 bits per heavy atom. The summed E-state index contributed by atoms with van der Waals surface area (Å²) in [6, 6.07) is 11.1. The Bertz CT molecular complexity index is 569. The van der Waals surface area contributed by atoms with Crippen molar-refractivity contribution in [3.8, 4) is 5.88 Å². The molecule has 4 heteroatoms. The van der Waals surface area contributed by atoms with Gasteiger partial charge < -0.3 is 4.74 Å². The highest BCUT2D eigenvalue weighted by Crippen LogP contribution is 2.21. The second-order valence-electron chi connectivity index (χ2n) is 3.75. The fraction of sp³-hybridized carbons (Fsp3) is 0.143. The molecule has 92 valence electrons. The van der Waals surface area contributed by atoms with Gasteiger partial charge >= 0.3 is 0 Å². The number of methoxy groups -OCH3 is 1. The smallest absolute Gasteiger partial charge is 0.224 e. The number of pyridine rings is 1. The zero-order valence-corrected chi connectivity index (χ0v) is 11.5.